The highest BCUT2D eigenvalue weighted by molar-refractivity contribution is 6.10. The normalized spacial score (nSPS) is 18.8. The molecule has 5 nitrogen and oxygen atoms in total. The second kappa shape index (κ2) is 15.6. The molecule has 320 valence electrons. The maximum Gasteiger partial charge on any atom is 0.159 e. The van der Waals surface area contributed by atoms with E-state index in [0.717, 1.165) is 108 Å². The van der Waals surface area contributed by atoms with Gasteiger partial charge in [0, 0.05) is 62.7 Å². The van der Waals surface area contributed by atoms with Gasteiger partial charge >= 0.3 is 0 Å². The summed E-state index contributed by atoms with van der Waals surface area (Å²) in [5, 5.41) is 2.15. The molecule has 1 aromatic heterocycles. The first-order valence-electron chi connectivity index (χ1n) is 23.0. The van der Waals surface area contributed by atoms with Gasteiger partial charge in [-0.3, -0.25) is 0 Å². The summed E-state index contributed by atoms with van der Waals surface area (Å²) in [6.45, 7) is 9.33. The van der Waals surface area contributed by atoms with E-state index in [4.69, 9.17) is 20.5 Å². The Bertz CT molecular complexity index is 3550. The zero-order chi connectivity index (χ0) is 44.6. The number of hydrogen-bond donors (Lipinski definition) is 0. The van der Waals surface area contributed by atoms with Crippen molar-refractivity contribution in [1.29, 1.82) is 0 Å². The van der Waals surface area contributed by atoms with E-state index in [0.29, 0.717) is 11.7 Å². The molecule has 0 radical (unpaired) electrons. The Morgan fingerprint density at radius 2 is 1.24 bits per heavy atom. The first-order chi connectivity index (χ1) is 33.0. The number of anilines is 5. The van der Waals surface area contributed by atoms with E-state index >= 15 is 0 Å². The second-order valence-corrected chi connectivity index (χ2v) is 17.7. The van der Waals surface area contributed by atoms with Crippen molar-refractivity contribution in [1.82, 2.24) is 0 Å². The van der Waals surface area contributed by atoms with Crippen LogP contribution in [0.4, 0.5) is 28.4 Å². The minimum atomic E-state index is -0.185. The van der Waals surface area contributed by atoms with Crippen molar-refractivity contribution in [2.24, 2.45) is 17.8 Å². The summed E-state index contributed by atoms with van der Waals surface area (Å²) in [5.41, 5.74) is 15.5. The summed E-state index contributed by atoms with van der Waals surface area (Å²) in [7, 11) is 0. The van der Waals surface area contributed by atoms with Crippen LogP contribution in [-0.4, -0.2) is 0 Å². The highest BCUT2D eigenvalue weighted by Crippen LogP contribution is 2.56. The maximum absolute atomic E-state index is 6.95. The van der Waals surface area contributed by atoms with Crippen LogP contribution in [0.15, 0.2) is 253 Å². The molecule has 0 spiro atoms. The van der Waals surface area contributed by atoms with Gasteiger partial charge in [0.25, 0.3) is 0 Å². The van der Waals surface area contributed by atoms with Crippen molar-refractivity contribution in [3.05, 3.63) is 259 Å². The number of allylic oxidation sites excluding steroid dienone is 11. The van der Waals surface area contributed by atoms with Gasteiger partial charge in [-0.15, -0.1) is 0 Å². The van der Waals surface area contributed by atoms with Crippen molar-refractivity contribution in [3.8, 4) is 22.6 Å². The van der Waals surface area contributed by atoms with E-state index in [1.54, 1.807) is 0 Å². The number of hydrogen-bond acceptors (Lipinski definition) is 5. The average Bonchev–Trinajstić information content (AvgIpc) is 3.77. The zero-order valence-corrected chi connectivity index (χ0v) is 36.7. The topological polar surface area (TPSA) is 38.1 Å². The molecular formula is C62H44N2O3. The minimum absolute atomic E-state index is 0.178. The molecule has 7 aromatic carbocycles. The molecule has 2 aliphatic heterocycles. The minimum Gasteiger partial charge on any atom is -0.461 e. The molecule has 8 aromatic rings. The first-order valence-corrected chi connectivity index (χ1v) is 23.0. The van der Waals surface area contributed by atoms with Crippen molar-refractivity contribution in [2.75, 3.05) is 9.80 Å². The largest absolute Gasteiger partial charge is 0.461 e. The molecule has 0 saturated carbocycles. The van der Waals surface area contributed by atoms with E-state index in [2.05, 4.69) is 211 Å². The lowest BCUT2D eigenvalue weighted by atomic mass is 9.70. The molecule has 3 atom stereocenters. The molecule has 67 heavy (non-hydrogen) atoms. The van der Waals surface area contributed by atoms with E-state index < -0.39 is 0 Å². The lowest BCUT2D eigenvalue weighted by Gasteiger charge is -2.42. The van der Waals surface area contributed by atoms with Gasteiger partial charge in [0.2, 0.25) is 0 Å². The molecule has 0 N–H and O–H groups in total. The number of benzene rings is 7. The van der Waals surface area contributed by atoms with Crippen molar-refractivity contribution < 1.29 is 13.9 Å². The molecule has 0 bridgehead atoms. The molecule has 3 heterocycles. The van der Waals surface area contributed by atoms with Crippen LogP contribution in [0.25, 0.3) is 44.2 Å². The molecule has 5 heteroatoms. The second-order valence-electron chi connectivity index (χ2n) is 17.7. The summed E-state index contributed by atoms with van der Waals surface area (Å²) in [6, 6.07) is 57.3. The Morgan fingerprint density at radius 3 is 2.07 bits per heavy atom. The summed E-state index contributed by atoms with van der Waals surface area (Å²) >= 11 is 0. The fourth-order valence-electron chi connectivity index (χ4n) is 10.7. The Labute approximate surface area is 389 Å². The van der Waals surface area contributed by atoms with Crippen molar-refractivity contribution in [2.45, 2.75) is 6.42 Å². The first kappa shape index (κ1) is 38.9. The third kappa shape index (κ3) is 6.46. The number of fused-ring (bicyclic) bond motifs is 10. The Kier molecular flexibility index (Phi) is 9.04. The number of ether oxygens (including phenoxy) is 2. The number of rotatable bonds is 7. The van der Waals surface area contributed by atoms with Crippen LogP contribution in [0, 0.1) is 17.8 Å². The summed E-state index contributed by atoms with van der Waals surface area (Å²) in [4.78, 5) is 4.58. The highest BCUT2D eigenvalue weighted by atomic mass is 16.5. The quantitative estimate of drug-likeness (QED) is 0.160. The SMILES string of the molecule is C=C1Oc2cc(N(C3=CCC4C=CC=CC4=C3)c3ccccc3)ccc2C2=CC=C3Oc4cc(N(c5ccc(-c6ccccc6)cc5)c5cccc6c5oc5ccccc56)ccc4C(=C)C3C12. The fraction of sp³-hybridized carbons (Fsp3) is 0.0645. The van der Waals surface area contributed by atoms with Gasteiger partial charge in [0.15, 0.2) is 5.58 Å². The zero-order valence-electron chi connectivity index (χ0n) is 36.7. The van der Waals surface area contributed by atoms with Crippen molar-refractivity contribution >= 4 is 61.5 Å². The molecule has 0 fully saturated rings. The van der Waals surface area contributed by atoms with Crippen LogP contribution >= 0.6 is 0 Å². The highest BCUT2D eigenvalue weighted by Gasteiger charge is 2.44. The van der Waals surface area contributed by atoms with Crippen LogP contribution in [0.3, 0.4) is 0 Å². The molecular weight excluding hydrogens is 821 g/mol. The number of nitrogens with zero attached hydrogens (tertiary/aromatic N) is 2. The lowest BCUT2D eigenvalue weighted by molar-refractivity contribution is 0.291. The van der Waals surface area contributed by atoms with Crippen LogP contribution in [0.1, 0.15) is 17.5 Å². The smallest absolute Gasteiger partial charge is 0.159 e. The van der Waals surface area contributed by atoms with Crippen molar-refractivity contribution in [3.63, 3.8) is 0 Å². The van der Waals surface area contributed by atoms with E-state index in [1.807, 2.05) is 18.2 Å². The van der Waals surface area contributed by atoms with Gasteiger partial charge < -0.3 is 23.7 Å². The van der Waals surface area contributed by atoms with Crippen LogP contribution in [0.5, 0.6) is 11.5 Å². The summed E-state index contributed by atoms with van der Waals surface area (Å²) in [5.74, 6) is 3.07. The van der Waals surface area contributed by atoms with Gasteiger partial charge in [-0.05, 0) is 107 Å². The maximum atomic E-state index is 6.95. The van der Waals surface area contributed by atoms with Gasteiger partial charge in [-0.1, -0.05) is 141 Å². The van der Waals surface area contributed by atoms with E-state index in [-0.39, 0.29) is 11.8 Å². The molecule has 5 aliphatic rings. The van der Waals surface area contributed by atoms with Gasteiger partial charge in [-0.2, -0.15) is 0 Å². The summed E-state index contributed by atoms with van der Waals surface area (Å²) < 4.78 is 20.4. The van der Waals surface area contributed by atoms with Crippen LogP contribution in [-0.2, 0) is 0 Å². The van der Waals surface area contributed by atoms with E-state index in [9.17, 15) is 0 Å². The monoisotopic (exact) mass is 864 g/mol. The standard InChI is InChI=1S/C62H44N2O3/c1-39-50-32-30-49(64(46-27-24-43(25-28-46)41-14-5-3-6-15-41)55-22-13-21-54-51-20-11-12-23-56(51)67-62(54)55)38-58(50)66-57-35-34-53-52-33-31-48(37-59(52)65-40(2)61(53)60(39)57)63(45-18-7-4-8-19-45)47-29-26-42-16-9-10-17-44(42)36-47/h3-25,27-38,42,60-61H,1-2,26H2. The van der Waals surface area contributed by atoms with Gasteiger partial charge in [-0.25, -0.2) is 0 Å². The van der Waals surface area contributed by atoms with Crippen LogP contribution in [0.2, 0.25) is 0 Å². The molecule has 3 unspecified atom stereocenters. The fourth-order valence-corrected chi connectivity index (χ4v) is 10.7. The molecule has 0 saturated heterocycles. The van der Waals surface area contributed by atoms with E-state index in [1.165, 1.54) is 11.1 Å². The number of furan rings is 1. The third-order valence-corrected chi connectivity index (χ3v) is 13.9. The molecule has 0 amide bonds. The Morgan fingerprint density at radius 1 is 0.552 bits per heavy atom. The Balaban J connectivity index is 0.865. The molecule has 3 aliphatic carbocycles. The van der Waals surface area contributed by atoms with Crippen LogP contribution < -0.4 is 19.3 Å². The number of para-hydroxylation sites is 3. The average molecular weight is 865 g/mol. The predicted octanol–water partition coefficient (Wildman–Crippen LogP) is 16.3. The Hall–Kier alpha value is -8.54. The predicted molar refractivity (Wildman–Crippen MR) is 274 cm³/mol. The van der Waals surface area contributed by atoms with Gasteiger partial charge in [0.1, 0.15) is 28.6 Å². The third-order valence-electron chi connectivity index (χ3n) is 13.9. The molecule has 13 rings (SSSR count). The van der Waals surface area contributed by atoms with Gasteiger partial charge in [0.05, 0.1) is 23.2 Å². The summed E-state index contributed by atoms with van der Waals surface area (Å²) in [6.07, 6.45) is 18.7. The lowest BCUT2D eigenvalue weighted by Crippen LogP contribution is -2.32.